The van der Waals surface area contributed by atoms with Gasteiger partial charge in [0.1, 0.15) is 0 Å². The molecule has 2 fully saturated rings. The minimum atomic E-state index is -0.408. The van der Waals surface area contributed by atoms with Crippen LogP contribution in [0, 0.1) is 17.3 Å². The molecule has 1 unspecified atom stereocenters. The van der Waals surface area contributed by atoms with Gasteiger partial charge >= 0.3 is 7.12 Å². The molecule has 1 N–H and O–H groups in total. The van der Waals surface area contributed by atoms with Crippen LogP contribution in [0.3, 0.4) is 0 Å². The SMILES string of the molecule is CN(CC1CC[C@@H](CCB2OC(C)(C)C(C)(C)O2)C[C@]1(C)C(=O)NC(C)(C)C)c1ccccc1. The summed E-state index contributed by atoms with van der Waals surface area (Å²) in [6.07, 6.45) is 5.01. The van der Waals surface area contributed by atoms with E-state index in [-0.39, 0.29) is 29.8 Å². The van der Waals surface area contributed by atoms with E-state index in [0.29, 0.717) is 11.8 Å². The van der Waals surface area contributed by atoms with Crippen LogP contribution in [0.5, 0.6) is 0 Å². The van der Waals surface area contributed by atoms with Crippen molar-refractivity contribution in [2.75, 3.05) is 18.5 Å². The van der Waals surface area contributed by atoms with Crippen molar-refractivity contribution in [1.29, 1.82) is 0 Å². The topological polar surface area (TPSA) is 50.8 Å². The number of hydrogen-bond donors (Lipinski definition) is 1. The molecule has 0 spiro atoms. The highest BCUT2D eigenvalue weighted by atomic mass is 16.7. The van der Waals surface area contributed by atoms with Gasteiger partial charge in [-0.25, -0.2) is 0 Å². The molecule has 1 saturated carbocycles. The summed E-state index contributed by atoms with van der Waals surface area (Å²) in [4.78, 5) is 16.0. The molecule has 1 heterocycles. The number of para-hydroxylation sites is 1. The normalized spacial score (nSPS) is 28.6. The lowest BCUT2D eigenvalue weighted by Crippen LogP contribution is -2.54. The summed E-state index contributed by atoms with van der Waals surface area (Å²) in [7, 11) is 1.98. The Labute approximate surface area is 208 Å². The lowest BCUT2D eigenvalue weighted by molar-refractivity contribution is -0.138. The molecule has 1 aliphatic heterocycles. The average Bonchev–Trinajstić information content (AvgIpc) is 2.94. The Bertz CT molecular complexity index is 820. The fraction of sp³-hybridized carbons (Fsp3) is 0.750. The van der Waals surface area contributed by atoms with Gasteiger partial charge in [0.25, 0.3) is 0 Å². The van der Waals surface area contributed by atoms with Gasteiger partial charge in [0.15, 0.2) is 0 Å². The Hall–Kier alpha value is -1.53. The second-order valence-corrected chi connectivity index (χ2v) is 12.9. The van der Waals surface area contributed by atoms with Crippen molar-refractivity contribution in [2.45, 2.75) is 104 Å². The van der Waals surface area contributed by atoms with Crippen molar-refractivity contribution in [3.05, 3.63) is 30.3 Å². The first-order chi connectivity index (χ1) is 15.6. The van der Waals surface area contributed by atoms with Crippen molar-refractivity contribution >= 4 is 18.7 Å². The van der Waals surface area contributed by atoms with Crippen LogP contribution in [0.2, 0.25) is 6.32 Å². The van der Waals surface area contributed by atoms with Gasteiger partial charge in [0.2, 0.25) is 5.91 Å². The smallest absolute Gasteiger partial charge is 0.403 e. The molecule has 1 aliphatic carbocycles. The summed E-state index contributed by atoms with van der Waals surface area (Å²) in [6, 6.07) is 10.5. The largest absolute Gasteiger partial charge is 0.457 e. The van der Waals surface area contributed by atoms with Crippen molar-refractivity contribution < 1.29 is 14.1 Å². The molecule has 3 atom stereocenters. The first-order valence-corrected chi connectivity index (χ1v) is 13.1. The zero-order valence-corrected chi connectivity index (χ0v) is 23.0. The van der Waals surface area contributed by atoms with E-state index in [4.69, 9.17) is 9.31 Å². The standard InChI is InChI=1S/C28H47BN2O3/c1-25(2,3)30-24(32)28(8)19-21(17-18-29-33-26(4,5)27(6,7)34-29)15-16-22(28)20-31(9)23-13-11-10-12-14-23/h10-14,21-22H,15-20H2,1-9H3,(H,30,32)/t21-,22?,28-/m0/s1. The van der Waals surface area contributed by atoms with Crippen molar-refractivity contribution in [3.8, 4) is 0 Å². The molecule has 1 aromatic carbocycles. The summed E-state index contributed by atoms with van der Waals surface area (Å²) < 4.78 is 12.5. The molecular weight excluding hydrogens is 423 g/mol. The Morgan fingerprint density at radius 2 is 1.65 bits per heavy atom. The van der Waals surface area contributed by atoms with E-state index in [9.17, 15) is 4.79 Å². The maximum absolute atomic E-state index is 13.7. The van der Waals surface area contributed by atoms with Crippen molar-refractivity contribution in [2.24, 2.45) is 17.3 Å². The highest BCUT2D eigenvalue weighted by Gasteiger charge is 2.51. The maximum Gasteiger partial charge on any atom is 0.457 e. The molecule has 5 nitrogen and oxygen atoms in total. The van der Waals surface area contributed by atoms with Gasteiger partial charge in [-0.2, -0.15) is 0 Å². The molecule has 3 rings (SSSR count). The number of carbonyl (C=O) groups excluding carboxylic acids is 1. The first kappa shape index (κ1) is 27.1. The minimum absolute atomic E-state index is 0.165. The number of anilines is 1. The van der Waals surface area contributed by atoms with Crippen LogP contribution < -0.4 is 10.2 Å². The lowest BCUT2D eigenvalue weighted by Gasteiger charge is -2.46. The van der Waals surface area contributed by atoms with Gasteiger partial charge in [-0.3, -0.25) is 4.79 Å². The molecule has 2 aliphatic rings. The molecular formula is C28H47BN2O3. The van der Waals surface area contributed by atoms with E-state index in [0.717, 1.165) is 38.5 Å². The summed E-state index contributed by atoms with van der Waals surface area (Å²) in [5.74, 6) is 0.980. The van der Waals surface area contributed by atoms with Gasteiger partial charge in [-0.15, -0.1) is 0 Å². The summed E-state index contributed by atoms with van der Waals surface area (Å²) in [5.41, 5.74) is -0.0403. The van der Waals surface area contributed by atoms with E-state index < -0.39 is 5.41 Å². The van der Waals surface area contributed by atoms with Crippen molar-refractivity contribution in [3.63, 3.8) is 0 Å². The first-order valence-electron chi connectivity index (χ1n) is 13.1. The second kappa shape index (κ2) is 9.85. The molecule has 6 heteroatoms. The highest BCUT2D eigenvalue weighted by molar-refractivity contribution is 6.45. The monoisotopic (exact) mass is 470 g/mol. The summed E-state index contributed by atoms with van der Waals surface area (Å²) >= 11 is 0. The lowest BCUT2D eigenvalue weighted by atomic mass is 9.61. The average molecular weight is 471 g/mol. The number of benzene rings is 1. The number of amides is 1. The predicted molar refractivity (Wildman–Crippen MR) is 142 cm³/mol. The molecule has 1 amide bonds. The molecule has 0 bridgehead atoms. The van der Waals surface area contributed by atoms with Crippen LogP contribution in [0.4, 0.5) is 5.69 Å². The number of hydrogen-bond acceptors (Lipinski definition) is 4. The van der Waals surface area contributed by atoms with E-state index in [2.05, 4.69) is 96.9 Å². The zero-order valence-electron chi connectivity index (χ0n) is 23.0. The molecule has 1 aromatic rings. The van der Waals surface area contributed by atoms with Crippen LogP contribution in [0.25, 0.3) is 0 Å². The minimum Gasteiger partial charge on any atom is -0.403 e. The van der Waals surface area contributed by atoms with Crippen LogP contribution in [0.15, 0.2) is 30.3 Å². The van der Waals surface area contributed by atoms with Gasteiger partial charge < -0.3 is 19.5 Å². The number of nitrogens with one attached hydrogen (secondary N) is 1. The third-order valence-electron chi connectivity index (χ3n) is 8.35. The Balaban J connectivity index is 1.70. The van der Waals surface area contributed by atoms with E-state index in [1.54, 1.807) is 0 Å². The Morgan fingerprint density at radius 3 is 2.21 bits per heavy atom. The quantitative estimate of drug-likeness (QED) is 0.501. The summed E-state index contributed by atoms with van der Waals surface area (Å²) in [5, 5.41) is 3.30. The molecule has 190 valence electrons. The van der Waals surface area contributed by atoms with E-state index >= 15 is 0 Å². The number of nitrogens with zero attached hydrogens (tertiary/aromatic N) is 1. The fourth-order valence-corrected chi connectivity index (χ4v) is 5.50. The fourth-order valence-electron chi connectivity index (χ4n) is 5.50. The molecule has 0 radical (unpaired) electrons. The molecule has 1 saturated heterocycles. The van der Waals surface area contributed by atoms with Gasteiger partial charge in [-0.05, 0) is 91.6 Å². The number of rotatable bonds is 7. The highest BCUT2D eigenvalue weighted by Crippen LogP contribution is 2.47. The van der Waals surface area contributed by atoms with Crippen LogP contribution in [-0.4, -0.2) is 43.4 Å². The molecule has 0 aromatic heterocycles. The van der Waals surface area contributed by atoms with Crippen LogP contribution in [0.1, 0.15) is 81.1 Å². The van der Waals surface area contributed by atoms with E-state index in [1.165, 1.54) is 5.69 Å². The number of carbonyl (C=O) groups is 1. The maximum atomic E-state index is 13.7. The predicted octanol–water partition coefficient (Wildman–Crippen LogP) is 5.94. The third-order valence-corrected chi connectivity index (χ3v) is 8.35. The Morgan fingerprint density at radius 1 is 1.06 bits per heavy atom. The van der Waals surface area contributed by atoms with Gasteiger partial charge in [0.05, 0.1) is 16.6 Å². The summed E-state index contributed by atoms with van der Waals surface area (Å²) in [6.45, 7) is 17.7. The van der Waals surface area contributed by atoms with Crippen molar-refractivity contribution in [1.82, 2.24) is 5.32 Å². The van der Waals surface area contributed by atoms with E-state index in [1.807, 2.05) is 6.07 Å². The zero-order chi connectivity index (χ0) is 25.4. The second-order valence-electron chi connectivity index (χ2n) is 12.9. The van der Waals surface area contributed by atoms with Crippen LogP contribution in [-0.2, 0) is 14.1 Å². The van der Waals surface area contributed by atoms with Gasteiger partial charge in [-0.1, -0.05) is 38.0 Å². The van der Waals surface area contributed by atoms with Crippen LogP contribution >= 0.6 is 0 Å². The Kier molecular flexibility index (Phi) is 7.84. The van der Waals surface area contributed by atoms with Gasteiger partial charge in [0, 0.05) is 24.8 Å². The molecule has 34 heavy (non-hydrogen) atoms. The third kappa shape index (κ3) is 6.18.